The van der Waals surface area contributed by atoms with E-state index in [0.717, 1.165) is 38.4 Å². The number of hydrogen-bond acceptors (Lipinski definition) is 5. The van der Waals surface area contributed by atoms with Crippen molar-refractivity contribution in [2.24, 2.45) is 4.99 Å². The van der Waals surface area contributed by atoms with Crippen molar-refractivity contribution in [2.45, 2.75) is 25.9 Å². The zero-order valence-corrected chi connectivity index (χ0v) is 18.8. The summed E-state index contributed by atoms with van der Waals surface area (Å²) in [6, 6.07) is 8.23. The summed E-state index contributed by atoms with van der Waals surface area (Å²) in [6.07, 6.45) is 0.636. The number of sulfone groups is 1. The van der Waals surface area contributed by atoms with E-state index in [-0.39, 0.29) is 41.5 Å². The standard InChI is InChI=1S/C18H28N4O3S.HI/c1-2-19-18(21-16-7-12-26(23,24)14-16)20-13-15-5-3-4-6-17(15)22-8-10-25-11-9-22;/h3-6,16H,2,7-14H2,1H3,(H2,19,20,21);1H. The number of hydrogen-bond donors (Lipinski definition) is 2. The number of para-hydroxylation sites is 1. The first kappa shape index (κ1) is 22.2. The van der Waals surface area contributed by atoms with Gasteiger partial charge in [-0.05, 0) is 25.0 Å². The molecule has 0 spiro atoms. The number of rotatable bonds is 5. The molecule has 0 bridgehead atoms. The van der Waals surface area contributed by atoms with Gasteiger partial charge in [-0.1, -0.05) is 18.2 Å². The minimum absolute atomic E-state index is 0. The molecule has 2 heterocycles. The second-order valence-electron chi connectivity index (χ2n) is 6.67. The van der Waals surface area contributed by atoms with Gasteiger partial charge >= 0.3 is 0 Å². The van der Waals surface area contributed by atoms with Crippen LogP contribution in [0.3, 0.4) is 0 Å². The monoisotopic (exact) mass is 508 g/mol. The average molecular weight is 508 g/mol. The fourth-order valence-corrected chi connectivity index (χ4v) is 5.02. The van der Waals surface area contributed by atoms with Crippen LogP contribution in [0.15, 0.2) is 29.3 Å². The summed E-state index contributed by atoms with van der Waals surface area (Å²) in [4.78, 5) is 7.02. The van der Waals surface area contributed by atoms with Crippen LogP contribution in [-0.4, -0.2) is 64.8 Å². The molecule has 0 aromatic heterocycles. The van der Waals surface area contributed by atoms with Gasteiger partial charge in [-0.15, -0.1) is 24.0 Å². The Balaban J connectivity index is 0.00000261. The maximum absolute atomic E-state index is 11.7. The van der Waals surface area contributed by atoms with E-state index in [1.165, 1.54) is 5.69 Å². The van der Waals surface area contributed by atoms with Crippen molar-refractivity contribution in [1.82, 2.24) is 10.6 Å². The molecule has 1 atom stereocenters. The third kappa shape index (κ3) is 6.49. The Hall–Kier alpha value is -1.07. The van der Waals surface area contributed by atoms with Crippen LogP contribution in [0.1, 0.15) is 18.9 Å². The highest BCUT2D eigenvalue weighted by Crippen LogP contribution is 2.22. The first-order chi connectivity index (χ1) is 12.6. The fraction of sp³-hybridized carbons (Fsp3) is 0.611. The Morgan fingerprint density at radius 2 is 2.04 bits per heavy atom. The van der Waals surface area contributed by atoms with Crippen LogP contribution in [0.25, 0.3) is 0 Å². The van der Waals surface area contributed by atoms with Crippen LogP contribution >= 0.6 is 24.0 Å². The molecule has 2 aliphatic heterocycles. The van der Waals surface area contributed by atoms with Gasteiger partial charge in [0.25, 0.3) is 0 Å². The summed E-state index contributed by atoms with van der Waals surface area (Å²) in [5.41, 5.74) is 2.35. The molecule has 2 N–H and O–H groups in total. The summed E-state index contributed by atoms with van der Waals surface area (Å²) in [6.45, 7) is 6.55. The topological polar surface area (TPSA) is 83.0 Å². The molecular weight excluding hydrogens is 479 g/mol. The Kier molecular flexibility index (Phi) is 8.62. The maximum atomic E-state index is 11.7. The van der Waals surface area contributed by atoms with E-state index >= 15 is 0 Å². The van der Waals surface area contributed by atoms with Crippen molar-refractivity contribution >= 4 is 45.5 Å². The normalized spacial score (nSPS) is 22.2. The Morgan fingerprint density at radius 1 is 1.30 bits per heavy atom. The van der Waals surface area contributed by atoms with E-state index in [2.05, 4.69) is 27.7 Å². The number of benzene rings is 1. The molecule has 0 aliphatic carbocycles. The Bertz CT molecular complexity index is 736. The average Bonchev–Trinajstić information content (AvgIpc) is 2.99. The number of guanidine groups is 1. The van der Waals surface area contributed by atoms with Crippen LogP contribution in [0, 0.1) is 0 Å². The minimum atomic E-state index is -2.91. The van der Waals surface area contributed by atoms with Crippen molar-refractivity contribution in [1.29, 1.82) is 0 Å². The highest BCUT2D eigenvalue weighted by Gasteiger charge is 2.28. The molecule has 2 fully saturated rings. The minimum Gasteiger partial charge on any atom is -0.378 e. The van der Waals surface area contributed by atoms with E-state index in [0.29, 0.717) is 18.9 Å². The van der Waals surface area contributed by atoms with Crippen molar-refractivity contribution < 1.29 is 13.2 Å². The zero-order chi connectivity index (χ0) is 18.4. The number of nitrogens with zero attached hydrogens (tertiary/aromatic N) is 2. The van der Waals surface area contributed by atoms with Gasteiger partial charge in [-0.2, -0.15) is 0 Å². The predicted molar refractivity (Wildman–Crippen MR) is 120 cm³/mol. The van der Waals surface area contributed by atoms with Gasteiger partial charge in [0.1, 0.15) is 0 Å². The number of aliphatic imine (C=N–C) groups is 1. The van der Waals surface area contributed by atoms with Gasteiger partial charge in [0.05, 0.1) is 31.3 Å². The van der Waals surface area contributed by atoms with E-state index in [1.54, 1.807) is 0 Å². The Morgan fingerprint density at radius 3 is 2.70 bits per heavy atom. The summed E-state index contributed by atoms with van der Waals surface area (Å²) in [7, 11) is -2.91. The molecule has 9 heteroatoms. The first-order valence-corrected chi connectivity index (χ1v) is 11.1. The molecule has 7 nitrogen and oxygen atoms in total. The van der Waals surface area contributed by atoms with Crippen LogP contribution < -0.4 is 15.5 Å². The van der Waals surface area contributed by atoms with E-state index in [1.807, 2.05) is 19.1 Å². The molecule has 0 radical (unpaired) electrons. The highest BCUT2D eigenvalue weighted by molar-refractivity contribution is 14.0. The van der Waals surface area contributed by atoms with Crippen LogP contribution in [-0.2, 0) is 21.1 Å². The summed E-state index contributed by atoms with van der Waals surface area (Å²) in [5.74, 6) is 1.11. The smallest absolute Gasteiger partial charge is 0.191 e. The molecule has 2 aliphatic rings. The third-order valence-electron chi connectivity index (χ3n) is 4.67. The quantitative estimate of drug-likeness (QED) is 0.356. The molecule has 1 aromatic rings. The lowest BCUT2D eigenvalue weighted by Crippen LogP contribution is -2.44. The first-order valence-electron chi connectivity index (χ1n) is 9.23. The Labute approximate surface area is 178 Å². The van der Waals surface area contributed by atoms with Crippen LogP contribution in [0.2, 0.25) is 0 Å². The molecule has 152 valence electrons. The number of nitrogens with one attached hydrogen (secondary N) is 2. The van der Waals surface area contributed by atoms with Gasteiger partial charge in [-0.3, -0.25) is 0 Å². The highest BCUT2D eigenvalue weighted by atomic mass is 127. The molecule has 27 heavy (non-hydrogen) atoms. The second-order valence-corrected chi connectivity index (χ2v) is 8.90. The number of morpholine rings is 1. The SMILES string of the molecule is CCNC(=NCc1ccccc1N1CCOCC1)NC1CCS(=O)(=O)C1.I. The lowest BCUT2D eigenvalue weighted by molar-refractivity contribution is 0.122. The van der Waals surface area contributed by atoms with Crippen LogP contribution in [0.5, 0.6) is 0 Å². The van der Waals surface area contributed by atoms with Crippen molar-refractivity contribution in [2.75, 3.05) is 49.3 Å². The van der Waals surface area contributed by atoms with Crippen LogP contribution in [0.4, 0.5) is 5.69 Å². The maximum Gasteiger partial charge on any atom is 0.191 e. The molecule has 3 rings (SSSR count). The largest absolute Gasteiger partial charge is 0.378 e. The zero-order valence-electron chi connectivity index (χ0n) is 15.7. The number of anilines is 1. The molecule has 2 saturated heterocycles. The lowest BCUT2D eigenvalue weighted by Gasteiger charge is -2.30. The molecule has 0 amide bonds. The number of halogens is 1. The van der Waals surface area contributed by atoms with Gasteiger partial charge in [0.2, 0.25) is 0 Å². The van der Waals surface area contributed by atoms with E-state index in [9.17, 15) is 8.42 Å². The van der Waals surface area contributed by atoms with Crippen molar-refractivity contribution in [3.63, 3.8) is 0 Å². The lowest BCUT2D eigenvalue weighted by atomic mass is 10.1. The van der Waals surface area contributed by atoms with Gasteiger partial charge in [-0.25, -0.2) is 13.4 Å². The third-order valence-corrected chi connectivity index (χ3v) is 6.44. The summed E-state index contributed by atoms with van der Waals surface area (Å²) < 4.78 is 28.8. The van der Waals surface area contributed by atoms with Crippen molar-refractivity contribution in [3.05, 3.63) is 29.8 Å². The number of ether oxygens (including phenoxy) is 1. The van der Waals surface area contributed by atoms with E-state index in [4.69, 9.17) is 9.73 Å². The van der Waals surface area contributed by atoms with Crippen molar-refractivity contribution in [3.8, 4) is 0 Å². The molecule has 0 saturated carbocycles. The van der Waals surface area contributed by atoms with Gasteiger partial charge in [0.15, 0.2) is 15.8 Å². The predicted octanol–water partition coefficient (Wildman–Crippen LogP) is 1.38. The molecule has 1 unspecified atom stereocenters. The van der Waals surface area contributed by atoms with Gasteiger partial charge in [0, 0.05) is 31.4 Å². The fourth-order valence-electron chi connectivity index (χ4n) is 3.34. The van der Waals surface area contributed by atoms with Gasteiger partial charge < -0.3 is 20.3 Å². The molecular formula is C18H29IN4O3S. The summed E-state index contributed by atoms with van der Waals surface area (Å²) in [5, 5.41) is 6.48. The molecule has 1 aromatic carbocycles. The van der Waals surface area contributed by atoms with E-state index < -0.39 is 9.84 Å². The second kappa shape index (κ2) is 10.5. The summed E-state index contributed by atoms with van der Waals surface area (Å²) >= 11 is 0.